The van der Waals surface area contributed by atoms with Crippen molar-refractivity contribution in [1.29, 1.82) is 0 Å². The van der Waals surface area contributed by atoms with Crippen molar-refractivity contribution in [3.05, 3.63) is 24.3 Å². The number of hydrogen-bond acceptors (Lipinski definition) is 3. The SMILES string of the molecule is CCS(=O)(=O)Nc1ccc(NC(=O)C(F)(F)C(F)F)cc1. The molecule has 0 aliphatic carbocycles. The zero-order chi connectivity index (χ0) is 16.3. The molecule has 0 heterocycles. The molecule has 118 valence electrons. The van der Waals surface area contributed by atoms with E-state index in [1.165, 1.54) is 19.1 Å². The van der Waals surface area contributed by atoms with Crippen molar-refractivity contribution in [3.8, 4) is 0 Å². The third-order valence-corrected chi connectivity index (χ3v) is 3.68. The third kappa shape index (κ3) is 4.59. The second-order valence-corrected chi connectivity index (χ2v) is 5.97. The van der Waals surface area contributed by atoms with Crippen molar-refractivity contribution < 1.29 is 30.8 Å². The van der Waals surface area contributed by atoms with Crippen LogP contribution in [0, 0.1) is 0 Å². The summed E-state index contributed by atoms with van der Waals surface area (Å²) in [6, 6.07) is 4.60. The Morgan fingerprint density at radius 2 is 1.67 bits per heavy atom. The maximum atomic E-state index is 12.7. The zero-order valence-electron chi connectivity index (χ0n) is 10.7. The Morgan fingerprint density at radius 3 is 2.10 bits per heavy atom. The number of carbonyl (C=O) groups excluding carboxylic acids is 1. The van der Waals surface area contributed by atoms with E-state index in [1.54, 1.807) is 5.32 Å². The van der Waals surface area contributed by atoms with Crippen LogP contribution in [-0.2, 0) is 14.8 Å². The highest BCUT2D eigenvalue weighted by Crippen LogP contribution is 2.25. The summed E-state index contributed by atoms with van der Waals surface area (Å²) in [5, 5.41) is 1.62. The summed E-state index contributed by atoms with van der Waals surface area (Å²) >= 11 is 0. The molecule has 0 saturated carbocycles. The monoisotopic (exact) mass is 328 g/mol. The van der Waals surface area contributed by atoms with Gasteiger partial charge in [-0.1, -0.05) is 0 Å². The summed E-state index contributed by atoms with van der Waals surface area (Å²) in [7, 11) is -3.50. The number of sulfonamides is 1. The minimum atomic E-state index is -4.80. The molecule has 5 nitrogen and oxygen atoms in total. The number of amides is 1. The smallest absolute Gasteiger partial charge is 0.321 e. The summed E-state index contributed by atoms with van der Waals surface area (Å²) < 4.78 is 74.1. The first-order valence-corrected chi connectivity index (χ1v) is 7.31. The lowest BCUT2D eigenvalue weighted by Gasteiger charge is -2.15. The van der Waals surface area contributed by atoms with Gasteiger partial charge in [0.15, 0.2) is 0 Å². The highest BCUT2D eigenvalue weighted by Gasteiger charge is 2.48. The first kappa shape index (κ1) is 17.2. The van der Waals surface area contributed by atoms with Gasteiger partial charge in [0.25, 0.3) is 0 Å². The summed E-state index contributed by atoms with van der Waals surface area (Å²) in [5.74, 6) is -7.10. The van der Waals surface area contributed by atoms with Crippen LogP contribution in [0.5, 0.6) is 0 Å². The number of rotatable bonds is 6. The van der Waals surface area contributed by atoms with Crippen LogP contribution in [0.25, 0.3) is 0 Å². The fourth-order valence-corrected chi connectivity index (χ4v) is 1.83. The van der Waals surface area contributed by atoms with E-state index >= 15 is 0 Å². The van der Waals surface area contributed by atoms with Gasteiger partial charge in [0.05, 0.1) is 5.75 Å². The fraction of sp³-hybridized carbons (Fsp3) is 0.364. The zero-order valence-corrected chi connectivity index (χ0v) is 11.6. The molecule has 1 aromatic rings. The van der Waals surface area contributed by atoms with Crippen molar-refractivity contribution in [2.75, 3.05) is 15.8 Å². The Kier molecular flexibility index (Phi) is 5.15. The van der Waals surface area contributed by atoms with Gasteiger partial charge in [0, 0.05) is 11.4 Å². The molecule has 1 rings (SSSR count). The molecule has 0 spiro atoms. The van der Waals surface area contributed by atoms with Crippen LogP contribution in [0.2, 0.25) is 0 Å². The first-order valence-electron chi connectivity index (χ1n) is 5.66. The van der Waals surface area contributed by atoms with Crippen molar-refractivity contribution >= 4 is 27.3 Å². The fourth-order valence-electron chi connectivity index (χ4n) is 1.19. The highest BCUT2D eigenvalue weighted by molar-refractivity contribution is 7.92. The molecular formula is C11H12F4N2O3S. The van der Waals surface area contributed by atoms with Gasteiger partial charge >= 0.3 is 18.3 Å². The molecule has 0 atom stereocenters. The summed E-state index contributed by atoms with van der Waals surface area (Å²) in [6.45, 7) is 1.42. The Hall–Kier alpha value is -1.84. The van der Waals surface area contributed by atoms with Gasteiger partial charge in [-0.05, 0) is 31.2 Å². The second kappa shape index (κ2) is 6.29. The summed E-state index contributed by atoms with van der Waals surface area (Å²) in [5.41, 5.74) is -0.0183. The lowest BCUT2D eigenvalue weighted by Crippen LogP contribution is -2.40. The van der Waals surface area contributed by atoms with E-state index in [4.69, 9.17) is 0 Å². The van der Waals surface area contributed by atoms with Gasteiger partial charge in [0.2, 0.25) is 10.0 Å². The number of hydrogen-bond donors (Lipinski definition) is 2. The Balaban J connectivity index is 2.78. The molecule has 2 N–H and O–H groups in total. The Morgan fingerprint density at radius 1 is 1.19 bits per heavy atom. The van der Waals surface area contributed by atoms with Crippen LogP contribution in [-0.4, -0.2) is 32.4 Å². The van der Waals surface area contributed by atoms with Crippen LogP contribution in [0.1, 0.15) is 6.92 Å². The van der Waals surface area contributed by atoms with Gasteiger partial charge in [-0.25, -0.2) is 17.2 Å². The number of halogens is 4. The van der Waals surface area contributed by atoms with E-state index in [0.29, 0.717) is 0 Å². The number of nitrogens with one attached hydrogen (secondary N) is 2. The van der Waals surface area contributed by atoms with Crippen molar-refractivity contribution in [3.63, 3.8) is 0 Å². The largest absolute Gasteiger partial charge is 0.383 e. The van der Waals surface area contributed by atoms with Crippen LogP contribution >= 0.6 is 0 Å². The standard InChI is InChI=1S/C11H12F4N2O3S/c1-2-21(19,20)17-8-5-3-7(4-6-8)16-10(18)11(14,15)9(12)13/h3-6,9,17H,2H2,1H3,(H,16,18). The molecule has 10 heteroatoms. The molecule has 21 heavy (non-hydrogen) atoms. The van der Waals surface area contributed by atoms with E-state index in [2.05, 4.69) is 4.72 Å². The lowest BCUT2D eigenvalue weighted by atomic mass is 10.2. The Bertz CT molecular complexity index is 602. The van der Waals surface area contributed by atoms with Gasteiger partial charge in [-0.15, -0.1) is 0 Å². The predicted octanol–water partition coefficient (Wildman–Crippen LogP) is 2.29. The van der Waals surface area contributed by atoms with Gasteiger partial charge < -0.3 is 5.32 Å². The number of carbonyl (C=O) groups is 1. The van der Waals surface area contributed by atoms with E-state index in [-0.39, 0.29) is 17.1 Å². The minimum absolute atomic E-state index is 0.149. The van der Waals surface area contributed by atoms with Crippen molar-refractivity contribution in [2.45, 2.75) is 19.3 Å². The number of anilines is 2. The van der Waals surface area contributed by atoms with Crippen molar-refractivity contribution in [1.82, 2.24) is 0 Å². The van der Waals surface area contributed by atoms with Crippen LogP contribution < -0.4 is 10.0 Å². The van der Waals surface area contributed by atoms with E-state index in [1.807, 2.05) is 0 Å². The molecule has 1 amide bonds. The summed E-state index contributed by atoms with van der Waals surface area (Å²) in [6.07, 6.45) is -4.12. The summed E-state index contributed by atoms with van der Waals surface area (Å²) in [4.78, 5) is 11.0. The Labute approximate surface area is 118 Å². The topological polar surface area (TPSA) is 75.3 Å². The minimum Gasteiger partial charge on any atom is -0.321 e. The van der Waals surface area contributed by atoms with Crippen LogP contribution in [0.4, 0.5) is 28.9 Å². The van der Waals surface area contributed by atoms with E-state index in [0.717, 1.165) is 12.1 Å². The second-order valence-electron chi connectivity index (χ2n) is 3.96. The van der Waals surface area contributed by atoms with Gasteiger partial charge in [0.1, 0.15) is 0 Å². The molecular weight excluding hydrogens is 316 g/mol. The molecule has 0 saturated heterocycles. The number of benzene rings is 1. The maximum absolute atomic E-state index is 12.7. The predicted molar refractivity (Wildman–Crippen MR) is 69.1 cm³/mol. The first-order chi connectivity index (χ1) is 9.58. The molecule has 0 fully saturated rings. The normalized spacial score (nSPS) is 12.3. The van der Waals surface area contributed by atoms with E-state index < -0.39 is 28.3 Å². The van der Waals surface area contributed by atoms with Gasteiger partial charge in [-0.2, -0.15) is 8.78 Å². The van der Waals surface area contributed by atoms with Gasteiger partial charge in [-0.3, -0.25) is 9.52 Å². The number of alkyl halides is 4. The van der Waals surface area contributed by atoms with E-state index in [9.17, 15) is 30.8 Å². The van der Waals surface area contributed by atoms with Crippen molar-refractivity contribution in [2.24, 2.45) is 0 Å². The molecule has 0 unspecified atom stereocenters. The molecule has 1 aromatic carbocycles. The lowest BCUT2D eigenvalue weighted by molar-refractivity contribution is -0.163. The molecule has 0 aromatic heterocycles. The average molecular weight is 328 g/mol. The molecule has 0 aliphatic heterocycles. The third-order valence-electron chi connectivity index (χ3n) is 2.37. The van der Waals surface area contributed by atoms with Crippen LogP contribution in [0.15, 0.2) is 24.3 Å². The maximum Gasteiger partial charge on any atom is 0.383 e. The molecule has 0 aliphatic rings. The highest BCUT2D eigenvalue weighted by atomic mass is 32.2. The van der Waals surface area contributed by atoms with Crippen LogP contribution in [0.3, 0.4) is 0 Å². The quantitative estimate of drug-likeness (QED) is 0.787. The molecule has 0 bridgehead atoms. The average Bonchev–Trinajstić information content (AvgIpc) is 2.40. The molecule has 0 radical (unpaired) electrons.